The maximum Gasteiger partial charge on any atom is 0.350 e. The van der Waals surface area contributed by atoms with E-state index >= 15 is 0 Å². The van der Waals surface area contributed by atoms with Gasteiger partial charge in [-0.25, -0.2) is 22.3 Å². The molecule has 0 spiro atoms. The minimum absolute atomic E-state index is 0.124. The predicted octanol–water partition coefficient (Wildman–Crippen LogP) is 1.59. The first-order chi connectivity index (χ1) is 12.9. The fraction of sp³-hybridized carbons (Fsp3) is 0.333. The molecular weight excluding hydrogens is 384 g/mol. The number of aromatic nitrogens is 3. The minimum Gasteiger partial charge on any atom is -0.249 e. The molecule has 3 aromatic rings. The van der Waals surface area contributed by atoms with Gasteiger partial charge in [-0.3, -0.25) is 0 Å². The third-order valence-corrected chi connectivity index (χ3v) is 7.40. The van der Waals surface area contributed by atoms with E-state index < -0.39 is 10.0 Å². The number of hydrogen-bond acceptors (Lipinski definition) is 5. The summed E-state index contributed by atoms with van der Waals surface area (Å²) in [5, 5.41) is 4.33. The molecule has 0 aliphatic carbocycles. The first-order valence-corrected chi connectivity index (χ1v) is 11.3. The van der Waals surface area contributed by atoms with Crippen LogP contribution in [0.2, 0.25) is 0 Å². The number of sulfonamides is 1. The zero-order valence-corrected chi connectivity index (χ0v) is 16.5. The molecule has 2 aromatic heterocycles. The van der Waals surface area contributed by atoms with Crippen molar-refractivity contribution in [1.29, 1.82) is 0 Å². The van der Waals surface area contributed by atoms with E-state index in [9.17, 15) is 13.2 Å². The Balaban J connectivity index is 1.70. The van der Waals surface area contributed by atoms with Crippen LogP contribution in [0.3, 0.4) is 0 Å². The minimum atomic E-state index is -3.60. The van der Waals surface area contributed by atoms with Gasteiger partial charge in [-0.2, -0.15) is 16.1 Å². The van der Waals surface area contributed by atoms with Crippen molar-refractivity contribution in [3.8, 4) is 0 Å². The monoisotopic (exact) mass is 404 g/mol. The SMILES string of the molecule is Cc1cccc(Cn2nc3ccc(S(=O)(=O)N4CCSCC4)cn3c2=O)c1. The van der Waals surface area contributed by atoms with Crippen molar-refractivity contribution >= 4 is 27.4 Å². The Morgan fingerprint density at radius 3 is 2.67 bits per heavy atom. The number of thioether (sulfide) groups is 1. The van der Waals surface area contributed by atoms with Crippen LogP contribution in [0.5, 0.6) is 0 Å². The van der Waals surface area contributed by atoms with E-state index in [1.807, 2.05) is 31.2 Å². The van der Waals surface area contributed by atoms with E-state index in [2.05, 4.69) is 5.10 Å². The van der Waals surface area contributed by atoms with E-state index in [1.165, 1.54) is 25.7 Å². The van der Waals surface area contributed by atoms with Gasteiger partial charge in [0, 0.05) is 30.8 Å². The maximum atomic E-state index is 12.9. The van der Waals surface area contributed by atoms with E-state index in [0.717, 1.165) is 22.6 Å². The molecular formula is C18H20N4O3S2. The molecule has 1 aliphatic heterocycles. The van der Waals surface area contributed by atoms with Crippen molar-refractivity contribution in [2.75, 3.05) is 24.6 Å². The van der Waals surface area contributed by atoms with Crippen LogP contribution in [-0.2, 0) is 16.6 Å². The average molecular weight is 405 g/mol. The largest absolute Gasteiger partial charge is 0.350 e. The molecule has 1 aliphatic rings. The van der Waals surface area contributed by atoms with E-state index in [0.29, 0.717) is 25.3 Å². The zero-order valence-electron chi connectivity index (χ0n) is 14.9. The van der Waals surface area contributed by atoms with Crippen LogP contribution in [0.4, 0.5) is 0 Å². The number of aryl methyl sites for hydroxylation is 1. The van der Waals surface area contributed by atoms with E-state index in [-0.39, 0.29) is 10.6 Å². The van der Waals surface area contributed by atoms with Crippen LogP contribution < -0.4 is 5.69 Å². The Bertz CT molecular complexity index is 1140. The summed E-state index contributed by atoms with van der Waals surface area (Å²) in [6, 6.07) is 11.0. The number of hydrogen-bond donors (Lipinski definition) is 0. The van der Waals surface area contributed by atoms with Gasteiger partial charge in [0.1, 0.15) is 0 Å². The second-order valence-corrected chi connectivity index (χ2v) is 9.70. The van der Waals surface area contributed by atoms with Crippen LogP contribution in [0.15, 0.2) is 52.3 Å². The summed E-state index contributed by atoms with van der Waals surface area (Å²) in [7, 11) is -3.60. The average Bonchev–Trinajstić information content (AvgIpc) is 2.98. The zero-order chi connectivity index (χ0) is 19.0. The van der Waals surface area contributed by atoms with Crippen molar-refractivity contribution in [2.45, 2.75) is 18.4 Å². The first kappa shape index (κ1) is 18.3. The first-order valence-electron chi connectivity index (χ1n) is 8.68. The number of nitrogens with zero attached hydrogens (tertiary/aromatic N) is 4. The van der Waals surface area contributed by atoms with Gasteiger partial charge >= 0.3 is 5.69 Å². The van der Waals surface area contributed by atoms with Gasteiger partial charge in [0.05, 0.1) is 11.4 Å². The lowest BCUT2D eigenvalue weighted by Gasteiger charge is -2.25. The number of benzene rings is 1. The van der Waals surface area contributed by atoms with Crippen molar-refractivity contribution in [2.24, 2.45) is 0 Å². The lowest BCUT2D eigenvalue weighted by atomic mass is 10.1. The van der Waals surface area contributed by atoms with Crippen molar-refractivity contribution in [1.82, 2.24) is 18.5 Å². The number of fused-ring (bicyclic) bond motifs is 1. The third-order valence-electron chi connectivity index (χ3n) is 4.57. The second kappa shape index (κ2) is 7.14. The lowest BCUT2D eigenvalue weighted by Crippen LogP contribution is -2.38. The highest BCUT2D eigenvalue weighted by Gasteiger charge is 2.27. The standard InChI is InChI=1S/C18H20N4O3S2/c1-14-3-2-4-15(11-14)12-22-18(23)21-13-16(5-6-17(21)19-22)27(24,25)20-7-9-26-10-8-20/h2-6,11,13H,7-10,12H2,1H3. The predicted molar refractivity (Wildman–Crippen MR) is 106 cm³/mol. The highest BCUT2D eigenvalue weighted by atomic mass is 32.2. The van der Waals surface area contributed by atoms with E-state index in [4.69, 9.17) is 0 Å². The topological polar surface area (TPSA) is 76.7 Å². The van der Waals surface area contributed by atoms with Crippen LogP contribution in [0, 0.1) is 6.92 Å². The summed E-state index contributed by atoms with van der Waals surface area (Å²) in [6.07, 6.45) is 1.38. The molecule has 0 amide bonds. The summed E-state index contributed by atoms with van der Waals surface area (Å²) in [4.78, 5) is 12.8. The van der Waals surface area contributed by atoms with Gasteiger partial charge in [-0.05, 0) is 24.6 Å². The summed E-state index contributed by atoms with van der Waals surface area (Å²) in [5.74, 6) is 1.58. The molecule has 7 nitrogen and oxygen atoms in total. The van der Waals surface area contributed by atoms with Gasteiger partial charge in [0.25, 0.3) is 0 Å². The van der Waals surface area contributed by atoms with Crippen LogP contribution in [-0.4, -0.2) is 51.5 Å². The Morgan fingerprint density at radius 2 is 1.93 bits per heavy atom. The molecule has 1 aromatic carbocycles. The molecule has 0 atom stereocenters. The maximum absolute atomic E-state index is 12.9. The van der Waals surface area contributed by atoms with Crippen LogP contribution in [0.25, 0.3) is 5.65 Å². The fourth-order valence-electron chi connectivity index (χ4n) is 3.17. The summed E-state index contributed by atoms with van der Waals surface area (Å²) < 4.78 is 29.8. The lowest BCUT2D eigenvalue weighted by molar-refractivity contribution is 0.443. The smallest absolute Gasteiger partial charge is 0.249 e. The highest BCUT2D eigenvalue weighted by molar-refractivity contribution is 7.99. The van der Waals surface area contributed by atoms with Gasteiger partial charge in [0.15, 0.2) is 5.65 Å². The Labute approximate surface area is 161 Å². The molecule has 3 heterocycles. The summed E-state index contributed by atoms with van der Waals surface area (Å²) >= 11 is 1.75. The Morgan fingerprint density at radius 1 is 1.15 bits per heavy atom. The van der Waals surface area contributed by atoms with Gasteiger partial charge in [-0.1, -0.05) is 29.8 Å². The summed E-state index contributed by atoms with van der Waals surface area (Å²) in [6.45, 7) is 3.32. The highest BCUT2D eigenvalue weighted by Crippen LogP contribution is 2.20. The molecule has 9 heteroatoms. The molecule has 0 radical (unpaired) electrons. The quantitative estimate of drug-likeness (QED) is 0.660. The number of pyridine rings is 1. The van der Waals surface area contributed by atoms with Gasteiger partial charge in [0.2, 0.25) is 10.0 Å². The molecule has 0 saturated carbocycles. The fourth-order valence-corrected chi connectivity index (χ4v) is 5.75. The van der Waals surface area contributed by atoms with Crippen molar-refractivity contribution in [3.63, 3.8) is 0 Å². The van der Waals surface area contributed by atoms with Gasteiger partial charge < -0.3 is 0 Å². The molecule has 0 bridgehead atoms. The van der Waals surface area contributed by atoms with Gasteiger partial charge in [-0.15, -0.1) is 5.10 Å². The molecule has 0 unspecified atom stereocenters. The molecule has 142 valence electrons. The van der Waals surface area contributed by atoms with Crippen LogP contribution >= 0.6 is 11.8 Å². The van der Waals surface area contributed by atoms with Crippen molar-refractivity contribution < 1.29 is 8.42 Å². The van der Waals surface area contributed by atoms with Crippen molar-refractivity contribution in [3.05, 3.63) is 64.2 Å². The molecule has 0 N–H and O–H groups in total. The third kappa shape index (κ3) is 3.54. The normalized spacial score (nSPS) is 16.0. The molecule has 1 saturated heterocycles. The molecule has 27 heavy (non-hydrogen) atoms. The van der Waals surface area contributed by atoms with E-state index in [1.54, 1.807) is 17.8 Å². The molecule has 1 fully saturated rings. The number of rotatable bonds is 4. The molecule has 4 rings (SSSR count). The summed E-state index contributed by atoms with van der Waals surface area (Å²) in [5.41, 5.74) is 2.16. The Kier molecular flexibility index (Phi) is 4.83. The Hall–Kier alpha value is -2.10. The second-order valence-electron chi connectivity index (χ2n) is 6.54. The van der Waals surface area contributed by atoms with Crippen LogP contribution in [0.1, 0.15) is 11.1 Å².